The molecule has 2 rings (SSSR count). The summed E-state index contributed by atoms with van der Waals surface area (Å²) in [5.41, 5.74) is 0.585. The fourth-order valence-corrected chi connectivity index (χ4v) is 2.18. The molecule has 14 heavy (non-hydrogen) atoms. The average molecular weight is 228 g/mol. The third-order valence-corrected chi connectivity index (χ3v) is 3.25. The Morgan fingerprint density at radius 1 is 1.36 bits per heavy atom. The number of nitrogens with zero attached hydrogens (tertiary/aromatic N) is 1. The van der Waals surface area contributed by atoms with E-state index < -0.39 is 0 Å². The highest BCUT2D eigenvalue weighted by atomic mass is 35.5. The van der Waals surface area contributed by atoms with Crippen LogP contribution in [-0.2, 0) is 5.88 Å². The van der Waals surface area contributed by atoms with E-state index in [0.29, 0.717) is 11.4 Å². The van der Waals surface area contributed by atoms with Crippen molar-refractivity contribution in [1.82, 2.24) is 4.98 Å². The molecule has 0 spiro atoms. The van der Waals surface area contributed by atoms with Crippen LogP contribution in [0.5, 0.6) is 0 Å². The van der Waals surface area contributed by atoms with Crippen molar-refractivity contribution in [3.63, 3.8) is 0 Å². The van der Waals surface area contributed by atoms with Crippen LogP contribution in [0.4, 0.5) is 4.39 Å². The van der Waals surface area contributed by atoms with E-state index >= 15 is 0 Å². The SMILES string of the molecule is Fc1ccccc1-c1cnc(CCl)s1. The second-order valence-corrected chi connectivity index (χ2v) is 4.11. The molecular formula is C10H7ClFNS. The monoisotopic (exact) mass is 227 g/mol. The minimum Gasteiger partial charge on any atom is -0.248 e. The van der Waals surface area contributed by atoms with Crippen molar-refractivity contribution in [2.45, 2.75) is 5.88 Å². The van der Waals surface area contributed by atoms with E-state index in [1.54, 1.807) is 24.4 Å². The molecule has 72 valence electrons. The maximum Gasteiger partial charge on any atom is 0.131 e. The second kappa shape index (κ2) is 4.07. The first-order valence-electron chi connectivity index (χ1n) is 4.07. The zero-order valence-corrected chi connectivity index (χ0v) is 8.78. The number of alkyl halides is 1. The molecule has 0 fully saturated rings. The zero-order chi connectivity index (χ0) is 9.97. The van der Waals surface area contributed by atoms with Crippen LogP contribution in [0.3, 0.4) is 0 Å². The van der Waals surface area contributed by atoms with Crippen LogP contribution >= 0.6 is 22.9 Å². The summed E-state index contributed by atoms with van der Waals surface area (Å²) in [6.45, 7) is 0. The highest BCUT2D eigenvalue weighted by Gasteiger charge is 2.07. The van der Waals surface area contributed by atoms with Crippen molar-refractivity contribution in [3.8, 4) is 10.4 Å². The van der Waals surface area contributed by atoms with Crippen molar-refractivity contribution in [2.24, 2.45) is 0 Å². The summed E-state index contributed by atoms with van der Waals surface area (Å²) in [6, 6.07) is 6.65. The van der Waals surface area contributed by atoms with Gasteiger partial charge in [-0.05, 0) is 6.07 Å². The zero-order valence-electron chi connectivity index (χ0n) is 7.21. The lowest BCUT2D eigenvalue weighted by molar-refractivity contribution is 0.631. The van der Waals surface area contributed by atoms with Gasteiger partial charge >= 0.3 is 0 Å². The van der Waals surface area contributed by atoms with Crippen molar-refractivity contribution >= 4 is 22.9 Å². The summed E-state index contributed by atoms with van der Waals surface area (Å²) in [7, 11) is 0. The molecule has 1 aromatic heterocycles. The highest BCUT2D eigenvalue weighted by Crippen LogP contribution is 2.28. The molecule has 0 aliphatic rings. The molecule has 0 amide bonds. The van der Waals surface area contributed by atoms with Gasteiger partial charge in [0.1, 0.15) is 10.8 Å². The third kappa shape index (κ3) is 1.79. The van der Waals surface area contributed by atoms with Gasteiger partial charge < -0.3 is 0 Å². The summed E-state index contributed by atoms with van der Waals surface area (Å²) >= 11 is 7.04. The summed E-state index contributed by atoms with van der Waals surface area (Å²) in [4.78, 5) is 4.89. The van der Waals surface area contributed by atoms with Gasteiger partial charge in [-0.25, -0.2) is 9.37 Å². The first kappa shape index (κ1) is 9.62. The molecule has 0 radical (unpaired) electrons. The lowest BCUT2D eigenvalue weighted by Gasteiger charge is -1.96. The van der Waals surface area contributed by atoms with Crippen molar-refractivity contribution in [1.29, 1.82) is 0 Å². The van der Waals surface area contributed by atoms with E-state index in [2.05, 4.69) is 4.98 Å². The predicted octanol–water partition coefficient (Wildman–Crippen LogP) is 3.69. The predicted molar refractivity (Wildman–Crippen MR) is 57.1 cm³/mol. The van der Waals surface area contributed by atoms with Gasteiger partial charge in [0.2, 0.25) is 0 Å². The molecule has 1 aromatic carbocycles. The number of benzene rings is 1. The quantitative estimate of drug-likeness (QED) is 0.713. The Morgan fingerprint density at radius 3 is 2.79 bits per heavy atom. The molecule has 0 unspecified atom stereocenters. The number of rotatable bonds is 2. The molecule has 0 atom stereocenters. The van der Waals surface area contributed by atoms with E-state index in [1.165, 1.54) is 17.4 Å². The Balaban J connectivity index is 2.44. The van der Waals surface area contributed by atoms with Crippen LogP contribution in [0.25, 0.3) is 10.4 Å². The first-order chi connectivity index (χ1) is 6.81. The van der Waals surface area contributed by atoms with Crippen LogP contribution in [-0.4, -0.2) is 4.98 Å². The molecule has 2 aromatic rings. The summed E-state index contributed by atoms with van der Waals surface area (Å²) in [5, 5.41) is 0.810. The smallest absolute Gasteiger partial charge is 0.131 e. The Hall–Kier alpha value is -0.930. The van der Waals surface area contributed by atoms with E-state index in [-0.39, 0.29) is 5.82 Å². The standard InChI is InChI=1S/C10H7ClFNS/c11-5-10-13-6-9(14-10)7-3-1-2-4-8(7)12/h1-4,6H,5H2. The Labute approximate surface area is 90.2 Å². The molecule has 0 aliphatic carbocycles. The summed E-state index contributed by atoms with van der Waals surface area (Å²) < 4.78 is 13.3. The van der Waals surface area contributed by atoms with Crippen LogP contribution in [0.1, 0.15) is 5.01 Å². The van der Waals surface area contributed by atoms with Gasteiger partial charge in [-0.3, -0.25) is 0 Å². The minimum absolute atomic E-state index is 0.225. The van der Waals surface area contributed by atoms with Crippen LogP contribution in [0.15, 0.2) is 30.5 Å². The van der Waals surface area contributed by atoms with Gasteiger partial charge in [0, 0.05) is 11.8 Å². The van der Waals surface area contributed by atoms with E-state index in [9.17, 15) is 4.39 Å². The van der Waals surface area contributed by atoms with Gasteiger partial charge in [0.05, 0.1) is 10.8 Å². The molecule has 0 saturated carbocycles. The Bertz CT molecular complexity index is 441. The van der Waals surface area contributed by atoms with E-state index in [4.69, 9.17) is 11.6 Å². The van der Waals surface area contributed by atoms with Crippen molar-refractivity contribution in [3.05, 3.63) is 41.3 Å². The number of thiazole rings is 1. The van der Waals surface area contributed by atoms with Gasteiger partial charge in [0.25, 0.3) is 0 Å². The van der Waals surface area contributed by atoms with Gasteiger partial charge in [-0.1, -0.05) is 18.2 Å². The molecule has 0 aliphatic heterocycles. The second-order valence-electron chi connectivity index (χ2n) is 2.73. The molecular weight excluding hydrogens is 221 g/mol. The topological polar surface area (TPSA) is 12.9 Å². The van der Waals surface area contributed by atoms with Gasteiger partial charge in [-0.15, -0.1) is 22.9 Å². The van der Waals surface area contributed by atoms with Crippen LogP contribution in [0.2, 0.25) is 0 Å². The molecule has 0 bridgehead atoms. The summed E-state index contributed by atoms with van der Waals surface area (Å²) in [6.07, 6.45) is 1.65. The van der Waals surface area contributed by atoms with E-state index in [1.807, 2.05) is 0 Å². The average Bonchev–Trinajstić information content (AvgIpc) is 2.67. The fourth-order valence-electron chi connectivity index (χ4n) is 1.16. The summed E-state index contributed by atoms with van der Waals surface area (Å²) in [5.74, 6) is 0.149. The number of aromatic nitrogens is 1. The van der Waals surface area contributed by atoms with Gasteiger partial charge in [-0.2, -0.15) is 0 Å². The van der Waals surface area contributed by atoms with E-state index in [0.717, 1.165) is 9.88 Å². The highest BCUT2D eigenvalue weighted by molar-refractivity contribution is 7.15. The minimum atomic E-state index is -0.225. The number of hydrogen-bond donors (Lipinski definition) is 0. The van der Waals surface area contributed by atoms with Crippen molar-refractivity contribution in [2.75, 3.05) is 0 Å². The van der Waals surface area contributed by atoms with Crippen LogP contribution in [0, 0.1) is 5.82 Å². The third-order valence-electron chi connectivity index (χ3n) is 1.81. The maximum atomic E-state index is 13.3. The molecule has 1 heterocycles. The first-order valence-corrected chi connectivity index (χ1v) is 5.42. The van der Waals surface area contributed by atoms with Crippen molar-refractivity contribution < 1.29 is 4.39 Å². The normalized spacial score (nSPS) is 10.4. The molecule has 0 N–H and O–H groups in total. The molecule has 4 heteroatoms. The Morgan fingerprint density at radius 2 is 2.14 bits per heavy atom. The van der Waals surface area contributed by atoms with Crippen LogP contribution < -0.4 is 0 Å². The van der Waals surface area contributed by atoms with Gasteiger partial charge in [0.15, 0.2) is 0 Å². The number of halogens is 2. The molecule has 0 saturated heterocycles. The lowest BCUT2D eigenvalue weighted by atomic mass is 10.2. The lowest BCUT2D eigenvalue weighted by Crippen LogP contribution is -1.78. The fraction of sp³-hybridized carbons (Fsp3) is 0.100. The maximum absolute atomic E-state index is 13.3. The molecule has 1 nitrogen and oxygen atoms in total. The number of hydrogen-bond acceptors (Lipinski definition) is 2. The Kier molecular flexibility index (Phi) is 2.79. The largest absolute Gasteiger partial charge is 0.248 e.